The number of halogens is 2. The molecular formula is C15H16BrFN2. The van der Waals surface area contributed by atoms with Crippen LogP contribution in [-0.4, -0.2) is 11.5 Å². The first-order chi connectivity index (χ1) is 8.97. The van der Waals surface area contributed by atoms with Crippen LogP contribution in [0.5, 0.6) is 0 Å². The zero-order chi connectivity index (χ0) is 13.9. The van der Waals surface area contributed by atoms with Crippen LogP contribution in [0.15, 0.2) is 47.1 Å². The number of nitrogens with one attached hydrogen (secondary N) is 1. The average Bonchev–Trinajstić information content (AvgIpc) is 2.38. The molecule has 0 aliphatic carbocycles. The third-order valence-electron chi connectivity index (χ3n) is 3.04. The summed E-state index contributed by atoms with van der Waals surface area (Å²) in [5.74, 6) is 0.611. The Morgan fingerprint density at radius 3 is 2.68 bits per heavy atom. The maximum atomic E-state index is 13.3. The van der Waals surface area contributed by atoms with Crippen molar-refractivity contribution in [1.29, 1.82) is 0 Å². The van der Waals surface area contributed by atoms with Crippen LogP contribution in [0.3, 0.4) is 0 Å². The van der Waals surface area contributed by atoms with Crippen LogP contribution in [0, 0.1) is 5.82 Å². The number of rotatable bonds is 4. The lowest BCUT2D eigenvalue weighted by atomic mass is 9.84. The maximum absolute atomic E-state index is 13.3. The number of hydrogen-bond acceptors (Lipinski definition) is 2. The number of pyridine rings is 1. The molecule has 1 heterocycles. The predicted molar refractivity (Wildman–Crippen MR) is 79.9 cm³/mol. The molecule has 100 valence electrons. The molecule has 2 rings (SSSR count). The van der Waals surface area contributed by atoms with Gasteiger partial charge in [-0.2, -0.15) is 0 Å². The molecule has 1 N–H and O–H groups in total. The largest absolute Gasteiger partial charge is 0.369 e. The Hall–Kier alpha value is -1.42. The molecule has 2 aromatic rings. The van der Waals surface area contributed by atoms with E-state index >= 15 is 0 Å². The Bertz CT molecular complexity index is 552. The van der Waals surface area contributed by atoms with E-state index in [1.807, 2.05) is 18.2 Å². The van der Waals surface area contributed by atoms with E-state index in [0.717, 1.165) is 15.9 Å². The van der Waals surface area contributed by atoms with Crippen molar-refractivity contribution in [3.05, 3.63) is 58.4 Å². The molecule has 0 amide bonds. The highest BCUT2D eigenvalue weighted by Crippen LogP contribution is 2.24. The summed E-state index contributed by atoms with van der Waals surface area (Å²) >= 11 is 3.35. The first kappa shape index (κ1) is 14.0. The van der Waals surface area contributed by atoms with E-state index in [4.69, 9.17) is 0 Å². The number of anilines is 1. The highest BCUT2D eigenvalue weighted by atomic mass is 79.9. The van der Waals surface area contributed by atoms with Crippen LogP contribution >= 0.6 is 15.9 Å². The zero-order valence-electron chi connectivity index (χ0n) is 11.0. The van der Waals surface area contributed by atoms with Crippen molar-refractivity contribution in [2.45, 2.75) is 19.3 Å². The Labute approximate surface area is 121 Å². The summed E-state index contributed by atoms with van der Waals surface area (Å²) in [6.45, 7) is 4.84. The fourth-order valence-corrected chi connectivity index (χ4v) is 2.04. The predicted octanol–water partition coefficient (Wildman–Crippen LogP) is 4.37. The Morgan fingerprint density at radius 1 is 1.26 bits per heavy atom. The monoisotopic (exact) mass is 322 g/mol. The molecule has 0 radical (unpaired) electrons. The van der Waals surface area contributed by atoms with Crippen molar-refractivity contribution in [2.24, 2.45) is 0 Å². The van der Waals surface area contributed by atoms with Crippen LogP contribution in [-0.2, 0) is 5.41 Å². The van der Waals surface area contributed by atoms with E-state index in [-0.39, 0.29) is 11.2 Å². The average molecular weight is 323 g/mol. The highest BCUT2D eigenvalue weighted by Gasteiger charge is 2.20. The van der Waals surface area contributed by atoms with E-state index in [2.05, 4.69) is 40.1 Å². The molecule has 19 heavy (non-hydrogen) atoms. The van der Waals surface area contributed by atoms with Crippen molar-refractivity contribution in [1.82, 2.24) is 4.98 Å². The minimum absolute atomic E-state index is 0.170. The molecule has 2 nitrogen and oxygen atoms in total. The fourth-order valence-electron chi connectivity index (χ4n) is 1.80. The van der Waals surface area contributed by atoms with Gasteiger partial charge in [-0.15, -0.1) is 0 Å². The molecule has 0 bridgehead atoms. The van der Waals surface area contributed by atoms with Crippen LogP contribution < -0.4 is 5.32 Å². The molecule has 0 fully saturated rings. The van der Waals surface area contributed by atoms with Crippen LogP contribution in [0.1, 0.15) is 19.4 Å². The number of aromatic nitrogens is 1. The van der Waals surface area contributed by atoms with Gasteiger partial charge in [-0.3, -0.25) is 0 Å². The summed E-state index contributed by atoms with van der Waals surface area (Å²) in [4.78, 5) is 4.26. The van der Waals surface area contributed by atoms with E-state index in [0.29, 0.717) is 6.54 Å². The lowest BCUT2D eigenvalue weighted by molar-refractivity contribution is 0.545. The number of nitrogens with zero attached hydrogens (tertiary/aromatic N) is 1. The van der Waals surface area contributed by atoms with Gasteiger partial charge in [0.1, 0.15) is 11.6 Å². The first-order valence-corrected chi connectivity index (χ1v) is 6.88. The van der Waals surface area contributed by atoms with Gasteiger partial charge in [0.15, 0.2) is 0 Å². The third kappa shape index (κ3) is 3.77. The van der Waals surface area contributed by atoms with Crippen molar-refractivity contribution in [3.8, 4) is 0 Å². The molecule has 0 aliphatic rings. The molecule has 0 aliphatic heterocycles. The summed E-state index contributed by atoms with van der Waals surface area (Å²) in [5, 5.41) is 3.28. The maximum Gasteiger partial charge on any atom is 0.125 e. The standard InChI is InChI=1S/C15H16BrFN2/c1-15(2,11-4-3-5-13(17)8-11)10-19-14-7-6-12(16)9-18-14/h3-9H,10H2,1-2H3,(H,18,19). The SMILES string of the molecule is CC(C)(CNc1ccc(Br)cn1)c1cccc(F)c1. The van der Waals surface area contributed by atoms with E-state index in [1.165, 1.54) is 6.07 Å². The van der Waals surface area contributed by atoms with Gasteiger partial charge in [-0.05, 0) is 45.8 Å². The van der Waals surface area contributed by atoms with Crippen LogP contribution in [0.25, 0.3) is 0 Å². The molecule has 1 aromatic carbocycles. The van der Waals surface area contributed by atoms with Crippen LogP contribution in [0.2, 0.25) is 0 Å². The lowest BCUT2D eigenvalue weighted by Crippen LogP contribution is -2.28. The van der Waals surface area contributed by atoms with E-state index < -0.39 is 0 Å². The van der Waals surface area contributed by atoms with Gasteiger partial charge >= 0.3 is 0 Å². The summed E-state index contributed by atoms with van der Waals surface area (Å²) in [6.07, 6.45) is 1.75. The summed E-state index contributed by atoms with van der Waals surface area (Å²) in [5.41, 5.74) is 0.800. The zero-order valence-corrected chi connectivity index (χ0v) is 12.5. The lowest BCUT2D eigenvalue weighted by Gasteiger charge is -2.26. The number of hydrogen-bond donors (Lipinski definition) is 1. The highest BCUT2D eigenvalue weighted by molar-refractivity contribution is 9.10. The topological polar surface area (TPSA) is 24.9 Å². The van der Waals surface area contributed by atoms with Gasteiger partial charge in [0.05, 0.1) is 0 Å². The molecule has 0 saturated heterocycles. The fraction of sp³-hybridized carbons (Fsp3) is 0.267. The Morgan fingerprint density at radius 2 is 2.05 bits per heavy atom. The summed E-state index contributed by atoms with van der Waals surface area (Å²) in [7, 11) is 0. The summed E-state index contributed by atoms with van der Waals surface area (Å²) in [6, 6.07) is 10.6. The Balaban J connectivity index is 2.07. The third-order valence-corrected chi connectivity index (χ3v) is 3.51. The van der Waals surface area contributed by atoms with Crippen molar-refractivity contribution in [2.75, 3.05) is 11.9 Å². The normalized spacial score (nSPS) is 11.4. The van der Waals surface area contributed by atoms with Gasteiger partial charge in [-0.1, -0.05) is 26.0 Å². The smallest absolute Gasteiger partial charge is 0.125 e. The second-order valence-electron chi connectivity index (χ2n) is 5.11. The van der Waals surface area contributed by atoms with Crippen molar-refractivity contribution in [3.63, 3.8) is 0 Å². The molecule has 0 saturated carbocycles. The molecular weight excluding hydrogens is 307 g/mol. The minimum Gasteiger partial charge on any atom is -0.369 e. The Kier molecular flexibility index (Phi) is 4.20. The van der Waals surface area contributed by atoms with E-state index in [1.54, 1.807) is 18.3 Å². The second kappa shape index (κ2) is 5.70. The van der Waals surface area contributed by atoms with Gasteiger partial charge in [0, 0.05) is 22.6 Å². The molecule has 1 aromatic heterocycles. The van der Waals surface area contributed by atoms with Crippen molar-refractivity contribution < 1.29 is 4.39 Å². The number of benzene rings is 1. The molecule has 0 atom stereocenters. The van der Waals surface area contributed by atoms with E-state index in [9.17, 15) is 4.39 Å². The quantitative estimate of drug-likeness (QED) is 0.903. The van der Waals surface area contributed by atoms with Gasteiger partial charge in [-0.25, -0.2) is 9.37 Å². The van der Waals surface area contributed by atoms with Crippen LogP contribution in [0.4, 0.5) is 10.2 Å². The summed E-state index contributed by atoms with van der Waals surface area (Å²) < 4.78 is 14.2. The van der Waals surface area contributed by atoms with Gasteiger partial charge < -0.3 is 5.32 Å². The molecule has 0 unspecified atom stereocenters. The second-order valence-corrected chi connectivity index (χ2v) is 6.03. The first-order valence-electron chi connectivity index (χ1n) is 6.09. The molecule has 0 spiro atoms. The minimum atomic E-state index is -0.202. The molecule has 4 heteroatoms. The van der Waals surface area contributed by atoms with Crippen molar-refractivity contribution >= 4 is 21.7 Å². The van der Waals surface area contributed by atoms with Gasteiger partial charge in [0.25, 0.3) is 0 Å². The van der Waals surface area contributed by atoms with Gasteiger partial charge in [0.2, 0.25) is 0 Å².